The minimum Gasteiger partial charge on any atom is -0.388 e. The van der Waals surface area contributed by atoms with Crippen molar-refractivity contribution in [1.29, 1.82) is 0 Å². The van der Waals surface area contributed by atoms with Crippen molar-refractivity contribution in [2.45, 2.75) is 50.5 Å². The Bertz CT molecular complexity index is 408. The lowest BCUT2D eigenvalue weighted by atomic mass is 9.98. The largest absolute Gasteiger partial charge is 0.416 e. The Morgan fingerprint density at radius 2 is 1.90 bits per heavy atom. The molecule has 20 heavy (non-hydrogen) atoms. The third-order valence-corrected chi connectivity index (χ3v) is 3.66. The zero-order chi connectivity index (χ0) is 14.6. The molecular weight excluding hydrogens is 269 g/mol. The van der Waals surface area contributed by atoms with Gasteiger partial charge in [0.15, 0.2) is 0 Å². The van der Waals surface area contributed by atoms with Crippen molar-refractivity contribution in [3.8, 4) is 0 Å². The molecule has 1 aliphatic heterocycles. The molecule has 5 heteroatoms. The fraction of sp³-hybridized carbons (Fsp3) is 0.600. The van der Waals surface area contributed by atoms with Crippen molar-refractivity contribution < 1.29 is 23.0 Å². The van der Waals surface area contributed by atoms with Crippen LogP contribution in [0.15, 0.2) is 24.3 Å². The number of hydrogen-bond donors (Lipinski definition) is 1. The number of aliphatic hydroxyl groups excluding tert-OH is 1. The van der Waals surface area contributed by atoms with E-state index in [9.17, 15) is 18.3 Å². The van der Waals surface area contributed by atoms with Gasteiger partial charge in [-0.15, -0.1) is 0 Å². The molecular formula is C15H19F3O2. The van der Waals surface area contributed by atoms with Gasteiger partial charge >= 0.3 is 6.18 Å². The second-order valence-corrected chi connectivity index (χ2v) is 5.20. The minimum atomic E-state index is -4.33. The molecule has 0 radical (unpaired) electrons. The van der Waals surface area contributed by atoms with Gasteiger partial charge in [0.25, 0.3) is 0 Å². The number of hydrogen-bond acceptors (Lipinski definition) is 2. The lowest BCUT2D eigenvalue weighted by molar-refractivity contribution is -0.137. The maximum atomic E-state index is 12.4. The van der Waals surface area contributed by atoms with E-state index in [2.05, 4.69) is 0 Å². The molecule has 2 rings (SSSR count). The molecule has 1 N–H and O–H groups in total. The molecule has 1 aliphatic rings. The van der Waals surface area contributed by atoms with E-state index in [0.717, 1.165) is 44.4 Å². The topological polar surface area (TPSA) is 29.5 Å². The van der Waals surface area contributed by atoms with Crippen molar-refractivity contribution in [2.24, 2.45) is 0 Å². The van der Waals surface area contributed by atoms with E-state index in [4.69, 9.17) is 4.74 Å². The Balaban J connectivity index is 1.87. The van der Waals surface area contributed by atoms with E-state index >= 15 is 0 Å². The molecule has 0 amide bonds. The normalized spacial score (nSPS) is 21.7. The average Bonchev–Trinajstić information content (AvgIpc) is 2.45. The monoisotopic (exact) mass is 288 g/mol. The van der Waals surface area contributed by atoms with Crippen LogP contribution < -0.4 is 0 Å². The third-order valence-electron chi connectivity index (χ3n) is 3.66. The highest BCUT2D eigenvalue weighted by atomic mass is 19.4. The summed E-state index contributed by atoms with van der Waals surface area (Å²) in [6.45, 7) is 0.765. The first kappa shape index (κ1) is 15.3. The van der Waals surface area contributed by atoms with Gasteiger partial charge in [-0.3, -0.25) is 0 Å². The summed E-state index contributed by atoms with van der Waals surface area (Å²) in [6, 6.07) is 4.70. The van der Waals surface area contributed by atoms with Crippen molar-refractivity contribution in [3.05, 3.63) is 35.4 Å². The summed E-state index contributed by atoms with van der Waals surface area (Å²) < 4.78 is 42.9. The van der Waals surface area contributed by atoms with Gasteiger partial charge in [-0.25, -0.2) is 0 Å². The summed E-state index contributed by atoms with van der Waals surface area (Å²) in [6.07, 6.45) is -0.424. The lowest BCUT2D eigenvalue weighted by Crippen LogP contribution is -2.19. The standard InChI is InChI=1S/C15H19F3O2/c16-15(17,18)12-6-4-11(5-7-12)14(19)9-8-13-3-1-2-10-20-13/h4-7,13-14,19H,1-3,8-10H2. The molecule has 1 aromatic carbocycles. The van der Waals surface area contributed by atoms with Gasteiger partial charge in [0.1, 0.15) is 0 Å². The summed E-state index contributed by atoms with van der Waals surface area (Å²) in [5.41, 5.74) is -0.169. The molecule has 1 saturated heterocycles. The molecule has 1 fully saturated rings. The molecule has 2 atom stereocenters. The predicted molar refractivity (Wildman–Crippen MR) is 69.2 cm³/mol. The van der Waals surface area contributed by atoms with Crippen LogP contribution in [-0.4, -0.2) is 17.8 Å². The minimum absolute atomic E-state index is 0.174. The Labute approximate surface area is 116 Å². The summed E-state index contributed by atoms with van der Waals surface area (Å²) in [5.74, 6) is 0. The first-order chi connectivity index (χ1) is 9.47. The Kier molecular flexibility index (Phi) is 5.05. The Morgan fingerprint density at radius 1 is 1.20 bits per heavy atom. The van der Waals surface area contributed by atoms with Crippen LogP contribution in [0, 0.1) is 0 Å². The zero-order valence-electron chi connectivity index (χ0n) is 11.2. The van der Waals surface area contributed by atoms with Gasteiger partial charge in [0.2, 0.25) is 0 Å². The van der Waals surface area contributed by atoms with Crippen LogP contribution >= 0.6 is 0 Å². The summed E-state index contributed by atoms with van der Waals surface area (Å²) in [4.78, 5) is 0. The molecule has 0 saturated carbocycles. The van der Waals surface area contributed by atoms with Crippen LogP contribution in [-0.2, 0) is 10.9 Å². The summed E-state index contributed by atoms with van der Waals surface area (Å²) >= 11 is 0. The van der Waals surface area contributed by atoms with E-state index < -0.39 is 17.8 Å². The van der Waals surface area contributed by atoms with Gasteiger partial charge in [-0.05, 0) is 49.8 Å². The third kappa shape index (κ3) is 4.21. The number of ether oxygens (including phenoxy) is 1. The van der Waals surface area contributed by atoms with Crippen molar-refractivity contribution in [1.82, 2.24) is 0 Å². The second kappa shape index (κ2) is 6.59. The van der Waals surface area contributed by atoms with E-state index in [1.165, 1.54) is 12.1 Å². The van der Waals surface area contributed by atoms with Crippen molar-refractivity contribution in [3.63, 3.8) is 0 Å². The first-order valence-electron chi connectivity index (χ1n) is 6.93. The van der Waals surface area contributed by atoms with Crippen LogP contribution in [0.25, 0.3) is 0 Å². The van der Waals surface area contributed by atoms with Crippen LogP contribution in [0.5, 0.6) is 0 Å². The van der Waals surface area contributed by atoms with Gasteiger partial charge in [-0.2, -0.15) is 13.2 Å². The van der Waals surface area contributed by atoms with Crippen LogP contribution in [0.2, 0.25) is 0 Å². The quantitative estimate of drug-likeness (QED) is 0.904. The summed E-state index contributed by atoms with van der Waals surface area (Å²) in [5, 5.41) is 10.0. The fourth-order valence-corrected chi connectivity index (χ4v) is 2.44. The highest BCUT2D eigenvalue weighted by molar-refractivity contribution is 5.25. The van der Waals surface area contributed by atoms with E-state index in [1.807, 2.05) is 0 Å². The van der Waals surface area contributed by atoms with Crippen LogP contribution in [0.1, 0.15) is 49.3 Å². The van der Waals surface area contributed by atoms with Crippen LogP contribution in [0.3, 0.4) is 0 Å². The zero-order valence-corrected chi connectivity index (χ0v) is 11.2. The predicted octanol–water partition coefficient (Wildman–Crippen LogP) is 4.09. The first-order valence-corrected chi connectivity index (χ1v) is 6.93. The van der Waals surface area contributed by atoms with Crippen LogP contribution in [0.4, 0.5) is 13.2 Å². The fourth-order valence-electron chi connectivity index (χ4n) is 2.44. The molecule has 0 aromatic heterocycles. The van der Waals surface area contributed by atoms with Crippen molar-refractivity contribution in [2.75, 3.05) is 6.61 Å². The maximum absolute atomic E-state index is 12.4. The number of halogens is 3. The maximum Gasteiger partial charge on any atom is 0.416 e. The number of rotatable bonds is 4. The molecule has 2 unspecified atom stereocenters. The SMILES string of the molecule is OC(CCC1CCCCO1)c1ccc(C(F)(F)F)cc1. The Hall–Kier alpha value is -1.07. The van der Waals surface area contributed by atoms with Gasteiger partial charge in [-0.1, -0.05) is 12.1 Å². The van der Waals surface area contributed by atoms with Gasteiger partial charge in [0.05, 0.1) is 17.8 Å². The molecule has 0 bridgehead atoms. The summed E-state index contributed by atoms with van der Waals surface area (Å²) in [7, 11) is 0. The van der Waals surface area contributed by atoms with Gasteiger partial charge < -0.3 is 9.84 Å². The number of alkyl halides is 3. The number of aliphatic hydroxyl groups is 1. The second-order valence-electron chi connectivity index (χ2n) is 5.20. The van der Waals surface area contributed by atoms with Crippen molar-refractivity contribution >= 4 is 0 Å². The molecule has 0 aliphatic carbocycles. The van der Waals surface area contributed by atoms with E-state index in [0.29, 0.717) is 12.0 Å². The number of benzene rings is 1. The lowest BCUT2D eigenvalue weighted by Gasteiger charge is -2.23. The average molecular weight is 288 g/mol. The van der Waals surface area contributed by atoms with E-state index in [1.54, 1.807) is 0 Å². The molecule has 2 nitrogen and oxygen atoms in total. The highest BCUT2D eigenvalue weighted by Gasteiger charge is 2.30. The van der Waals surface area contributed by atoms with Gasteiger partial charge in [0, 0.05) is 6.61 Å². The molecule has 112 valence electrons. The van der Waals surface area contributed by atoms with E-state index in [-0.39, 0.29) is 6.10 Å². The smallest absolute Gasteiger partial charge is 0.388 e. The molecule has 0 spiro atoms. The molecule has 1 aromatic rings. The Morgan fingerprint density at radius 3 is 2.45 bits per heavy atom. The molecule has 1 heterocycles. The highest BCUT2D eigenvalue weighted by Crippen LogP contribution is 2.31.